The number of aryl methyl sites for hydroxylation is 1. The highest BCUT2D eigenvalue weighted by molar-refractivity contribution is 6.52. The number of Topliss-reactive ketones (excluding diaryl/α,β-unsaturated/α-hetero) is 1. The molecule has 2 aromatic rings. The van der Waals surface area contributed by atoms with Crippen LogP contribution in [0.4, 0.5) is 10.1 Å². The van der Waals surface area contributed by atoms with Gasteiger partial charge in [-0.25, -0.2) is 4.39 Å². The van der Waals surface area contributed by atoms with Crippen molar-refractivity contribution in [1.29, 1.82) is 0 Å². The fourth-order valence-corrected chi connectivity index (χ4v) is 3.60. The third kappa shape index (κ3) is 3.65. The average Bonchev–Trinajstić information content (AvgIpc) is 3.42. The highest BCUT2D eigenvalue weighted by Gasteiger charge is 2.35. The molecule has 1 aromatic heterocycles. The van der Waals surface area contributed by atoms with Crippen molar-refractivity contribution < 1.29 is 14.0 Å². The SMILES string of the molecule is O=C1C(=O)N(CCCCCCn2cc(C3C=CC=C3)nn2)c2ccc(F)cc21. The first-order valence-corrected chi connectivity index (χ1v) is 9.54. The number of halogens is 1. The molecule has 0 saturated carbocycles. The number of benzene rings is 1. The number of fused-ring (bicyclic) bond motifs is 1. The lowest BCUT2D eigenvalue weighted by atomic mass is 10.1. The number of allylic oxidation sites excluding steroid dienone is 4. The zero-order valence-electron chi connectivity index (χ0n) is 15.4. The Labute approximate surface area is 162 Å². The van der Waals surface area contributed by atoms with Gasteiger partial charge in [0, 0.05) is 25.2 Å². The number of rotatable bonds is 8. The summed E-state index contributed by atoms with van der Waals surface area (Å²) in [4.78, 5) is 25.5. The van der Waals surface area contributed by atoms with Gasteiger partial charge >= 0.3 is 0 Å². The quantitative estimate of drug-likeness (QED) is 0.520. The van der Waals surface area contributed by atoms with Crippen molar-refractivity contribution >= 4 is 17.4 Å². The van der Waals surface area contributed by atoms with Gasteiger partial charge in [-0.05, 0) is 31.0 Å². The molecular weight excluding hydrogens is 359 g/mol. The Morgan fingerprint density at radius 1 is 1.00 bits per heavy atom. The van der Waals surface area contributed by atoms with Crippen LogP contribution in [-0.4, -0.2) is 33.2 Å². The third-order valence-corrected chi connectivity index (χ3v) is 5.10. The van der Waals surface area contributed by atoms with Crippen LogP contribution in [0.25, 0.3) is 0 Å². The van der Waals surface area contributed by atoms with E-state index in [1.807, 2.05) is 23.0 Å². The van der Waals surface area contributed by atoms with Crippen LogP contribution in [-0.2, 0) is 11.3 Å². The van der Waals surface area contributed by atoms with E-state index in [9.17, 15) is 14.0 Å². The second kappa shape index (κ2) is 7.88. The van der Waals surface area contributed by atoms with Gasteiger partial charge in [0.1, 0.15) is 5.82 Å². The molecule has 144 valence electrons. The van der Waals surface area contributed by atoms with Crippen LogP contribution in [0.1, 0.15) is 47.7 Å². The van der Waals surface area contributed by atoms with Gasteiger partial charge in [0.2, 0.25) is 0 Å². The van der Waals surface area contributed by atoms with Crippen LogP contribution in [0.5, 0.6) is 0 Å². The number of unbranched alkanes of at least 4 members (excludes halogenated alkanes) is 3. The molecule has 0 saturated heterocycles. The highest BCUT2D eigenvalue weighted by Crippen LogP contribution is 2.29. The van der Waals surface area contributed by atoms with Gasteiger partial charge in [-0.3, -0.25) is 14.3 Å². The topological polar surface area (TPSA) is 68.1 Å². The van der Waals surface area contributed by atoms with E-state index in [2.05, 4.69) is 22.5 Å². The van der Waals surface area contributed by atoms with Gasteiger partial charge in [0.15, 0.2) is 0 Å². The molecule has 1 aliphatic heterocycles. The molecule has 1 amide bonds. The molecule has 4 rings (SSSR count). The molecule has 0 atom stereocenters. The van der Waals surface area contributed by atoms with Crippen LogP contribution in [0, 0.1) is 5.82 Å². The number of ketones is 1. The monoisotopic (exact) mass is 380 g/mol. The number of amides is 1. The zero-order valence-corrected chi connectivity index (χ0v) is 15.4. The van der Waals surface area contributed by atoms with Gasteiger partial charge in [-0.15, -0.1) is 5.10 Å². The van der Waals surface area contributed by atoms with E-state index in [1.165, 1.54) is 17.0 Å². The summed E-state index contributed by atoms with van der Waals surface area (Å²) >= 11 is 0. The molecule has 0 spiro atoms. The van der Waals surface area contributed by atoms with Crippen molar-refractivity contribution in [1.82, 2.24) is 15.0 Å². The van der Waals surface area contributed by atoms with E-state index in [4.69, 9.17) is 0 Å². The Balaban J connectivity index is 1.21. The molecular formula is C21H21FN4O2. The predicted molar refractivity (Wildman–Crippen MR) is 103 cm³/mol. The van der Waals surface area contributed by atoms with Crippen molar-refractivity contribution in [2.45, 2.75) is 38.1 Å². The van der Waals surface area contributed by atoms with E-state index in [0.717, 1.165) is 44.0 Å². The Kier molecular flexibility index (Phi) is 5.14. The second-order valence-corrected chi connectivity index (χ2v) is 7.06. The molecule has 28 heavy (non-hydrogen) atoms. The highest BCUT2D eigenvalue weighted by atomic mass is 19.1. The standard InChI is InChI=1S/C21H21FN4O2/c22-16-9-10-19-17(13-16)20(27)21(28)26(19)12-6-2-1-5-11-25-14-18(23-24-25)15-7-3-4-8-15/h3-4,7-10,13-15H,1-2,5-6,11-12H2. The average molecular weight is 380 g/mol. The third-order valence-electron chi connectivity index (χ3n) is 5.10. The molecule has 0 radical (unpaired) electrons. The van der Waals surface area contributed by atoms with Crippen LogP contribution in [0.15, 0.2) is 48.7 Å². The van der Waals surface area contributed by atoms with Crippen LogP contribution < -0.4 is 4.90 Å². The number of aromatic nitrogens is 3. The van der Waals surface area contributed by atoms with Crippen LogP contribution in [0.3, 0.4) is 0 Å². The fourth-order valence-electron chi connectivity index (χ4n) is 3.60. The zero-order chi connectivity index (χ0) is 19.5. The van der Waals surface area contributed by atoms with Crippen LogP contribution in [0.2, 0.25) is 0 Å². The van der Waals surface area contributed by atoms with Crippen molar-refractivity contribution in [3.05, 3.63) is 65.8 Å². The van der Waals surface area contributed by atoms with Gasteiger partial charge in [-0.2, -0.15) is 0 Å². The molecule has 0 N–H and O–H groups in total. The summed E-state index contributed by atoms with van der Waals surface area (Å²) in [6, 6.07) is 3.92. The lowest BCUT2D eigenvalue weighted by Crippen LogP contribution is -2.30. The largest absolute Gasteiger partial charge is 0.305 e. The number of hydrogen-bond acceptors (Lipinski definition) is 4. The molecule has 0 fully saturated rings. The van der Waals surface area contributed by atoms with Crippen molar-refractivity contribution in [3.8, 4) is 0 Å². The Morgan fingerprint density at radius 2 is 1.75 bits per heavy atom. The molecule has 0 unspecified atom stereocenters. The molecule has 6 nitrogen and oxygen atoms in total. The summed E-state index contributed by atoms with van der Waals surface area (Å²) in [5, 5.41) is 8.39. The van der Waals surface area contributed by atoms with E-state index in [-0.39, 0.29) is 11.5 Å². The first kappa shape index (κ1) is 18.3. The minimum atomic E-state index is -0.622. The Morgan fingerprint density at radius 3 is 2.54 bits per heavy atom. The summed E-state index contributed by atoms with van der Waals surface area (Å²) in [6.07, 6.45) is 13.9. The van der Waals surface area contributed by atoms with Crippen molar-refractivity contribution in [2.24, 2.45) is 0 Å². The van der Waals surface area contributed by atoms with E-state index in [1.54, 1.807) is 0 Å². The first-order chi connectivity index (χ1) is 13.6. The molecule has 2 heterocycles. The van der Waals surface area contributed by atoms with E-state index < -0.39 is 17.5 Å². The van der Waals surface area contributed by atoms with Gasteiger partial charge in [0.25, 0.3) is 11.7 Å². The smallest absolute Gasteiger partial charge is 0.299 e. The minimum absolute atomic E-state index is 0.166. The van der Waals surface area contributed by atoms with Gasteiger partial charge in [0.05, 0.1) is 16.9 Å². The van der Waals surface area contributed by atoms with Crippen molar-refractivity contribution in [2.75, 3.05) is 11.4 Å². The number of nitrogens with zero attached hydrogens (tertiary/aromatic N) is 4. The number of carbonyl (C=O) groups excluding carboxylic acids is 2. The molecule has 7 heteroatoms. The summed E-state index contributed by atoms with van der Waals surface area (Å²) in [6.45, 7) is 1.27. The summed E-state index contributed by atoms with van der Waals surface area (Å²) < 4.78 is 15.2. The lowest BCUT2D eigenvalue weighted by Gasteiger charge is -2.16. The first-order valence-electron chi connectivity index (χ1n) is 9.54. The van der Waals surface area contributed by atoms with E-state index >= 15 is 0 Å². The van der Waals surface area contributed by atoms with Crippen LogP contribution >= 0.6 is 0 Å². The summed E-state index contributed by atoms with van der Waals surface area (Å²) in [5.74, 6) is -1.46. The number of anilines is 1. The number of hydrogen-bond donors (Lipinski definition) is 0. The van der Waals surface area contributed by atoms with Crippen molar-refractivity contribution in [3.63, 3.8) is 0 Å². The normalized spacial score (nSPS) is 15.8. The Bertz CT molecular complexity index is 951. The Hall–Kier alpha value is -3.09. The summed E-state index contributed by atoms with van der Waals surface area (Å²) in [5.41, 5.74) is 1.64. The maximum Gasteiger partial charge on any atom is 0.299 e. The van der Waals surface area contributed by atoms with Gasteiger partial charge in [-0.1, -0.05) is 42.4 Å². The lowest BCUT2D eigenvalue weighted by molar-refractivity contribution is -0.114. The molecule has 2 aliphatic rings. The predicted octanol–water partition coefficient (Wildman–Crippen LogP) is 3.42. The maximum absolute atomic E-state index is 13.3. The molecule has 0 bridgehead atoms. The fraction of sp³-hybridized carbons (Fsp3) is 0.333. The number of carbonyl (C=O) groups is 2. The summed E-state index contributed by atoms with van der Waals surface area (Å²) in [7, 11) is 0. The minimum Gasteiger partial charge on any atom is -0.305 e. The molecule has 1 aromatic carbocycles. The van der Waals surface area contributed by atoms with E-state index in [0.29, 0.717) is 12.2 Å². The second-order valence-electron chi connectivity index (χ2n) is 7.06. The maximum atomic E-state index is 13.3. The van der Waals surface area contributed by atoms with Gasteiger partial charge < -0.3 is 4.90 Å². The molecule has 1 aliphatic carbocycles.